The zero-order valence-corrected chi connectivity index (χ0v) is 14.2. The number of amides is 2. The summed E-state index contributed by atoms with van der Waals surface area (Å²) in [6.07, 6.45) is -3.96. The molecule has 3 N–H and O–H groups in total. The lowest BCUT2D eigenvalue weighted by Crippen LogP contribution is -2.47. The van der Waals surface area contributed by atoms with E-state index >= 15 is 0 Å². The first kappa shape index (κ1) is 19.5. The molecule has 2 amide bonds. The summed E-state index contributed by atoms with van der Waals surface area (Å²) in [6.45, 7) is 1.43. The summed E-state index contributed by atoms with van der Waals surface area (Å²) in [5.41, 5.74) is 3.78. The number of benzene rings is 1. The highest BCUT2D eigenvalue weighted by Crippen LogP contribution is 2.32. The van der Waals surface area contributed by atoms with Crippen LogP contribution in [0.25, 0.3) is 0 Å². The Kier molecular flexibility index (Phi) is 6.04. The summed E-state index contributed by atoms with van der Waals surface area (Å²) in [5, 5.41) is 2.29. The number of rotatable bonds is 4. The molecule has 0 aliphatic carbocycles. The van der Waals surface area contributed by atoms with Crippen molar-refractivity contribution in [2.45, 2.75) is 19.1 Å². The maximum absolute atomic E-state index is 12.6. The molecule has 6 nitrogen and oxygen atoms in total. The Bertz CT molecular complexity index is 800. The molecule has 0 saturated carbocycles. The normalized spacial score (nSPS) is 12.2. The van der Waals surface area contributed by atoms with Gasteiger partial charge in [0.25, 0.3) is 11.8 Å². The van der Waals surface area contributed by atoms with Gasteiger partial charge in [0, 0.05) is 11.8 Å². The van der Waals surface area contributed by atoms with Crippen molar-refractivity contribution in [2.75, 3.05) is 5.32 Å². The molecule has 0 aliphatic heterocycles. The van der Waals surface area contributed by atoms with Crippen LogP contribution in [-0.2, 0) is 11.0 Å². The molecule has 1 aromatic carbocycles. The van der Waals surface area contributed by atoms with Crippen LogP contribution in [0.15, 0.2) is 42.6 Å². The number of aromatic nitrogens is 1. The Balaban J connectivity index is 1.94. The summed E-state index contributed by atoms with van der Waals surface area (Å²) >= 11 is 5.77. The summed E-state index contributed by atoms with van der Waals surface area (Å²) in [5.74, 6) is -1.24. The fourth-order valence-corrected chi connectivity index (χ4v) is 2.08. The predicted molar refractivity (Wildman–Crippen MR) is 89.4 cm³/mol. The molecule has 0 aliphatic rings. The van der Waals surface area contributed by atoms with Gasteiger partial charge in [-0.15, -0.1) is 0 Å². The topological polar surface area (TPSA) is 83.1 Å². The van der Waals surface area contributed by atoms with E-state index in [1.807, 2.05) is 0 Å². The molecular formula is C16H14ClF3N4O2. The number of carbonyl (C=O) groups is 2. The van der Waals surface area contributed by atoms with Crippen molar-refractivity contribution in [2.24, 2.45) is 0 Å². The van der Waals surface area contributed by atoms with Crippen LogP contribution in [0, 0.1) is 0 Å². The maximum atomic E-state index is 12.6. The van der Waals surface area contributed by atoms with Crippen molar-refractivity contribution >= 4 is 29.2 Å². The molecule has 0 fully saturated rings. The zero-order valence-electron chi connectivity index (χ0n) is 13.4. The van der Waals surface area contributed by atoms with Gasteiger partial charge >= 0.3 is 6.18 Å². The second-order valence-corrected chi connectivity index (χ2v) is 5.63. The van der Waals surface area contributed by atoms with E-state index in [1.54, 1.807) is 30.3 Å². The van der Waals surface area contributed by atoms with Gasteiger partial charge in [-0.2, -0.15) is 13.2 Å². The van der Waals surface area contributed by atoms with Crippen LogP contribution in [0.5, 0.6) is 0 Å². The molecule has 1 atom stereocenters. The van der Waals surface area contributed by atoms with Crippen LogP contribution < -0.4 is 16.2 Å². The third-order valence-corrected chi connectivity index (χ3v) is 3.54. The van der Waals surface area contributed by atoms with Gasteiger partial charge in [0.05, 0.1) is 10.6 Å². The van der Waals surface area contributed by atoms with Crippen molar-refractivity contribution in [3.8, 4) is 0 Å². The van der Waals surface area contributed by atoms with E-state index in [0.29, 0.717) is 17.8 Å². The lowest BCUT2D eigenvalue weighted by molar-refractivity contribution is -0.137. The minimum Gasteiger partial charge on any atom is -0.357 e. The highest BCUT2D eigenvalue weighted by Gasteiger charge is 2.31. The number of anilines is 1. The Morgan fingerprint density at radius 3 is 2.38 bits per heavy atom. The van der Waals surface area contributed by atoms with Crippen LogP contribution in [-0.4, -0.2) is 22.8 Å². The lowest BCUT2D eigenvalue weighted by Gasteiger charge is -2.16. The van der Waals surface area contributed by atoms with E-state index in [4.69, 9.17) is 11.6 Å². The average Bonchev–Trinajstić information content (AvgIpc) is 2.60. The number of nitrogens with zero attached hydrogens (tertiary/aromatic N) is 1. The molecule has 1 unspecified atom stereocenters. The summed E-state index contributed by atoms with van der Waals surface area (Å²) in [4.78, 5) is 27.4. The van der Waals surface area contributed by atoms with E-state index in [9.17, 15) is 22.8 Å². The van der Waals surface area contributed by atoms with Crippen molar-refractivity contribution < 1.29 is 22.8 Å². The van der Waals surface area contributed by atoms with E-state index < -0.39 is 29.6 Å². The Hall–Kier alpha value is -2.81. The third kappa shape index (κ3) is 5.09. The highest BCUT2D eigenvalue weighted by atomic mass is 35.5. The zero-order chi connectivity index (χ0) is 19.3. The van der Waals surface area contributed by atoms with Gasteiger partial charge in [-0.25, -0.2) is 4.98 Å². The second-order valence-electron chi connectivity index (χ2n) is 5.23. The van der Waals surface area contributed by atoms with Gasteiger partial charge in [-0.1, -0.05) is 29.8 Å². The van der Waals surface area contributed by atoms with Gasteiger partial charge in [0.15, 0.2) is 0 Å². The Labute approximate surface area is 151 Å². The summed E-state index contributed by atoms with van der Waals surface area (Å²) < 4.78 is 37.7. The van der Waals surface area contributed by atoms with E-state index in [2.05, 4.69) is 21.2 Å². The highest BCUT2D eigenvalue weighted by molar-refractivity contribution is 6.33. The van der Waals surface area contributed by atoms with Gasteiger partial charge in [-0.3, -0.25) is 20.4 Å². The predicted octanol–water partition coefficient (Wildman–Crippen LogP) is 3.02. The van der Waals surface area contributed by atoms with Crippen molar-refractivity contribution in [3.63, 3.8) is 0 Å². The number of nitrogens with one attached hydrogen (secondary N) is 3. The van der Waals surface area contributed by atoms with Gasteiger partial charge in [0.2, 0.25) is 0 Å². The van der Waals surface area contributed by atoms with Gasteiger partial charge < -0.3 is 5.32 Å². The summed E-state index contributed by atoms with van der Waals surface area (Å²) in [7, 11) is 0. The molecule has 0 spiro atoms. The standard InChI is InChI=1S/C16H14ClF3N4O2/c1-9(14(25)23-24-15(26)10-5-3-2-4-6-10)22-13-12(17)7-11(8-21-13)16(18,19)20/h2-9H,1H3,(H,21,22)(H,23,25)(H,24,26). The van der Waals surface area contributed by atoms with Gasteiger partial charge in [-0.05, 0) is 25.1 Å². The number of pyridine rings is 1. The number of hydrazine groups is 1. The first-order chi connectivity index (χ1) is 12.2. The van der Waals surface area contributed by atoms with Crippen molar-refractivity contribution in [3.05, 3.63) is 58.7 Å². The number of alkyl halides is 3. The monoisotopic (exact) mass is 386 g/mol. The second kappa shape index (κ2) is 8.05. The molecule has 2 aromatic rings. The summed E-state index contributed by atoms with van der Waals surface area (Å²) in [6, 6.07) is 7.98. The van der Waals surface area contributed by atoms with Crippen LogP contribution >= 0.6 is 11.6 Å². The Morgan fingerprint density at radius 2 is 1.81 bits per heavy atom. The minimum atomic E-state index is -4.57. The number of hydrogen-bond acceptors (Lipinski definition) is 4. The quantitative estimate of drug-likeness (QED) is 0.705. The average molecular weight is 387 g/mol. The fourth-order valence-electron chi connectivity index (χ4n) is 1.86. The largest absolute Gasteiger partial charge is 0.417 e. The fraction of sp³-hybridized carbons (Fsp3) is 0.188. The first-order valence-electron chi connectivity index (χ1n) is 7.33. The molecule has 0 bridgehead atoms. The van der Waals surface area contributed by atoms with Crippen LogP contribution in [0.3, 0.4) is 0 Å². The smallest absolute Gasteiger partial charge is 0.357 e. The molecule has 2 rings (SSSR count). The number of halogens is 4. The third-order valence-electron chi connectivity index (χ3n) is 3.25. The lowest BCUT2D eigenvalue weighted by atomic mass is 10.2. The number of carbonyl (C=O) groups excluding carboxylic acids is 2. The molecule has 0 radical (unpaired) electrons. The van der Waals surface area contributed by atoms with Crippen LogP contribution in [0.2, 0.25) is 5.02 Å². The van der Waals surface area contributed by atoms with Gasteiger partial charge in [0.1, 0.15) is 11.9 Å². The molecule has 138 valence electrons. The number of hydrogen-bond donors (Lipinski definition) is 3. The van der Waals surface area contributed by atoms with E-state index in [-0.39, 0.29) is 10.8 Å². The molecule has 1 aromatic heterocycles. The maximum Gasteiger partial charge on any atom is 0.417 e. The molecule has 26 heavy (non-hydrogen) atoms. The molecule has 0 saturated heterocycles. The van der Waals surface area contributed by atoms with Crippen LogP contribution in [0.1, 0.15) is 22.8 Å². The first-order valence-corrected chi connectivity index (χ1v) is 7.71. The molecular weight excluding hydrogens is 373 g/mol. The van der Waals surface area contributed by atoms with Crippen LogP contribution in [0.4, 0.5) is 19.0 Å². The minimum absolute atomic E-state index is 0.0864. The van der Waals surface area contributed by atoms with E-state index in [0.717, 1.165) is 0 Å². The van der Waals surface area contributed by atoms with Crippen molar-refractivity contribution in [1.29, 1.82) is 0 Å². The SMILES string of the molecule is CC(Nc1ncc(C(F)(F)F)cc1Cl)C(=O)NNC(=O)c1ccccc1. The Morgan fingerprint density at radius 1 is 1.15 bits per heavy atom. The van der Waals surface area contributed by atoms with E-state index in [1.165, 1.54) is 6.92 Å². The molecule has 1 heterocycles. The van der Waals surface area contributed by atoms with Crippen molar-refractivity contribution in [1.82, 2.24) is 15.8 Å². The molecule has 10 heteroatoms.